The molecule has 0 N–H and O–H groups in total. The molecule has 2 aromatic rings. The van der Waals surface area contributed by atoms with Crippen molar-refractivity contribution < 1.29 is 19.1 Å². The van der Waals surface area contributed by atoms with Gasteiger partial charge in [-0.05, 0) is 29.8 Å². The van der Waals surface area contributed by atoms with Crippen molar-refractivity contribution in [2.75, 3.05) is 0 Å². The normalized spacial score (nSPS) is 10.4. The number of esters is 2. The first-order valence-corrected chi connectivity index (χ1v) is 7.35. The Morgan fingerprint density at radius 3 is 1.84 bits per heavy atom. The molecule has 99 valence electrons. The van der Waals surface area contributed by atoms with Crippen LogP contribution in [0, 0.1) is 6.92 Å². The quantitative estimate of drug-likeness (QED) is 0.627. The SMILES string of the molecule is [CH2]CC(OC(=O)c1ccsc1)OC(=O)c1ccsc1. The number of ether oxygens (including phenoxy) is 2. The molecule has 0 unspecified atom stereocenters. The summed E-state index contributed by atoms with van der Waals surface area (Å²) < 4.78 is 10.2. The predicted molar refractivity (Wildman–Crippen MR) is 73.2 cm³/mol. The number of rotatable bonds is 5. The molecule has 0 spiro atoms. The number of carbonyl (C=O) groups is 2. The summed E-state index contributed by atoms with van der Waals surface area (Å²) in [5.74, 6) is -1.04. The summed E-state index contributed by atoms with van der Waals surface area (Å²) in [5, 5.41) is 6.88. The van der Waals surface area contributed by atoms with Gasteiger partial charge in [-0.2, -0.15) is 22.7 Å². The summed E-state index contributed by atoms with van der Waals surface area (Å²) in [6.45, 7) is 3.61. The zero-order chi connectivity index (χ0) is 13.7. The molecule has 2 aromatic heterocycles. The third-order valence-electron chi connectivity index (χ3n) is 2.23. The Bertz CT molecular complexity index is 483. The third-order valence-corrected chi connectivity index (χ3v) is 3.59. The molecule has 4 nitrogen and oxygen atoms in total. The van der Waals surface area contributed by atoms with Gasteiger partial charge in [0.15, 0.2) is 0 Å². The van der Waals surface area contributed by atoms with Gasteiger partial charge in [0.25, 0.3) is 0 Å². The molecule has 0 aromatic carbocycles. The summed E-state index contributed by atoms with van der Waals surface area (Å²) in [6.07, 6.45) is -0.814. The van der Waals surface area contributed by atoms with E-state index < -0.39 is 18.2 Å². The fourth-order valence-electron chi connectivity index (χ4n) is 1.28. The van der Waals surface area contributed by atoms with E-state index in [0.29, 0.717) is 11.1 Å². The molecule has 1 radical (unpaired) electrons. The van der Waals surface area contributed by atoms with Crippen LogP contribution in [0.5, 0.6) is 0 Å². The van der Waals surface area contributed by atoms with Crippen molar-refractivity contribution in [2.24, 2.45) is 0 Å². The second-order valence-corrected chi connectivity index (χ2v) is 5.11. The maximum Gasteiger partial charge on any atom is 0.342 e. The van der Waals surface area contributed by atoms with Crippen molar-refractivity contribution in [3.8, 4) is 0 Å². The highest BCUT2D eigenvalue weighted by Gasteiger charge is 2.19. The monoisotopic (exact) mass is 295 g/mol. The molecule has 0 bridgehead atoms. The Balaban J connectivity index is 1.94. The molecule has 0 aliphatic rings. The van der Waals surface area contributed by atoms with Crippen LogP contribution in [0.15, 0.2) is 33.7 Å². The molecule has 0 aliphatic carbocycles. The highest BCUT2D eigenvalue weighted by molar-refractivity contribution is 7.08. The van der Waals surface area contributed by atoms with Crippen molar-refractivity contribution in [3.05, 3.63) is 51.7 Å². The summed E-state index contributed by atoms with van der Waals surface area (Å²) in [6, 6.07) is 3.29. The Morgan fingerprint density at radius 1 is 1.05 bits per heavy atom. The van der Waals surface area contributed by atoms with E-state index in [0.717, 1.165) is 0 Å². The molecular weight excluding hydrogens is 284 g/mol. The van der Waals surface area contributed by atoms with Crippen LogP contribution in [-0.2, 0) is 9.47 Å². The molecule has 0 aliphatic heterocycles. The van der Waals surface area contributed by atoms with Crippen molar-refractivity contribution >= 4 is 34.6 Å². The Labute approximate surface area is 118 Å². The molecular formula is C13H11O4S2. The van der Waals surface area contributed by atoms with Crippen LogP contribution in [0.3, 0.4) is 0 Å². The topological polar surface area (TPSA) is 52.6 Å². The minimum atomic E-state index is -0.972. The minimum Gasteiger partial charge on any atom is -0.422 e. The van der Waals surface area contributed by atoms with Crippen LogP contribution in [0.4, 0.5) is 0 Å². The lowest BCUT2D eigenvalue weighted by Gasteiger charge is -2.15. The van der Waals surface area contributed by atoms with E-state index in [2.05, 4.69) is 6.92 Å². The van der Waals surface area contributed by atoms with Gasteiger partial charge in [-0.15, -0.1) is 0 Å². The maximum absolute atomic E-state index is 11.7. The molecule has 0 atom stereocenters. The van der Waals surface area contributed by atoms with Crippen molar-refractivity contribution in [2.45, 2.75) is 12.7 Å². The zero-order valence-electron chi connectivity index (χ0n) is 9.91. The van der Waals surface area contributed by atoms with Crippen molar-refractivity contribution in [3.63, 3.8) is 0 Å². The van der Waals surface area contributed by atoms with Crippen molar-refractivity contribution in [1.82, 2.24) is 0 Å². The number of hydrogen-bond donors (Lipinski definition) is 0. The van der Waals surface area contributed by atoms with E-state index in [1.54, 1.807) is 33.7 Å². The number of carbonyl (C=O) groups excluding carboxylic acids is 2. The van der Waals surface area contributed by atoms with Gasteiger partial charge < -0.3 is 9.47 Å². The lowest BCUT2D eigenvalue weighted by Crippen LogP contribution is -2.23. The zero-order valence-corrected chi connectivity index (χ0v) is 11.5. The van der Waals surface area contributed by atoms with Crippen molar-refractivity contribution in [1.29, 1.82) is 0 Å². The van der Waals surface area contributed by atoms with Crippen LogP contribution >= 0.6 is 22.7 Å². The van der Waals surface area contributed by atoms with Crippen LogP contribution in [0.25, 0.3) is 0 Å². The van der Waals surface area contributed by atoms with Crippen LogP contribution in [-0.4, -0.2) is 18.2 Å². The van der Waals surface area contributed by atoms with E-state index in [9.17, 15) is 9.59 Å². The molecule has 0 amide bonds. The molecule has 0 fully saturated rings. The molecule has 0 saturated heterocycles. The van der Waals surface area contributed by atoms with E-state index in [1.807, 2.05) is 0 Å². The standard InChI is InChI=1S/C13H11O4S2/c1-2-11(16-12(14)9-3-5-18-7-9)17-13(15)10-4-6-19-8-10/h3-8,11H,1-2H2. The number of thiophene rings is 2. The van der Waals surface area contributed by atoms with Crippen LogP contribution in [0.2, 0.25) is 0 Å². The summed E-state index contributed by atoms with van der Waals surface area (Å²) >= 11 is 2.78. The molecule has 0 saturated carbocycles. The van der Waals surface area contributed by atoms with E-state index in [1.165, 1.54) is 22.7 Å². The largest absolute Gasteiger partial charge is 0.422 e. The first-order valence-electron chi connectivity index (χ1n) is 5.46. The van der Waals surface area contributed by atoms with E-state index >= 15 is 0 Å². The summed E-state index contributed by atoms with van der Waals surface area (Å²) in [5.41, 5.74) is 0.880. The van der Waals surface area contributed by atoms with Gasteiger partial charge in [0, 0.05) is 17.2 Å². The van der Waals surface area contributed by atoms with Crippen LogP contribution in [0.1, 0.15) is 27.1 Å². The van der Waals surface area contributed by atoms with E-state index in [-0.39, 0.29) is 6.42 Å². The Morgan fingerprint density at radius 2 is 1.53 bits per heavy atom. The first-order chi connectivity index (χ1) is 9.20. The fraction of sp³-hybridized carbons (Fsp3) is 0.154. The summed E-state index contributed by atoms with van der Waals surface area (Å²) in [7, 11) is 0. The smallest absolute Gasteiger partial charge is 0.342 e. The van der Waals surface area contributed by atoms with Gasteiger partial charge in [0.05, 0.1) is 11.1 Å². The maximum atomic E-state index is 11.7. The second-order valence-electron chi connectivity index (χ2n) is 3.55. The van der Waals surface area contributed by atoms with Gasteiger partial charge in [-0.3, -0.25) is 0 Å². The lowest BCUT2D eigenvalue weighted by atomic mass is 10.3. The Hall–Kier alpha value is -1.66. The van der Waals surface area contributed by atoms with Gasteiger partial charge in [-0.25, -0.2) is 9.59 Å². The van der Waals surface area contributed by atoms with Gasteiger partial charge in [0.2, 0.25) is 6.29 Å². The van der Waals surface area contributed by atoms with Crippen LogP contribution < -0.4 is 0 Å². The average molecular weight is 295 g/mol. The van der Waals surface area contributed by atoms with Gasteiger partial charge >= 0.3 is 11.9 Å². The molecule has 6 heteroatoms. The molecule has 2 rings (SSSR count). The minimum absolute atomic E-state index is 0.158. The summed E-state index contributed by atoms with van der Waals surface area (Å²) in [4.78, 5) is 23.4. The van der Waals surface area contributed by atoms with Gasteiger partial charge in [-0.1, -0.05) is 0 Å². The average Bonchev–Trinajstić information content (AvgIpc) is 3.09. The highest BCUT2D eigenvalue weighted by Crippen LogP contribution is 2.13. The predicted octanol–water partition coefficient (Wildman–Crippen LogP) is 3.37. The second kappa shape index (κ2) is 6.49. The fourth-order valence-corrected chi connectivity index (χ4v) is 2.53. The van der Waals surface area contributed by atoms with E-state index in [4.69, 9.17) is 9.47 Å². The first kappa shape index (κ1) is 13.8. The third kappa shape index (κ3) is 3.65. The number of hydrogen-bond acceptors (Lipinski definition) is 6. The molecule has 19 heavy (non-hydrogen) atoms. The highest BCUT2D eigenvalue weighted by atomic mass is 32.1. The lowest BCUT2D eigenvalue weighted by molar-refractivity contribution is -0.0776. The molecule has 2 heterocycles. The Kier molecular flexibility index (Phi) is 4.70. The van der Waals surface area contributed by atoms with Gasteiger partial charge in [0.1, 0.15) is 0 Å².